The third-order valence-electron chi connectivity index (χ3n) is 9.96. The van der Waals surface area contributed by atoms with Crippen LogP contribution in [0.4, 0.5) is 51.7 Å². The van der Waals surface area contributed by atoms with E-state index in [4.69, 9.17) is 17.3 Å². The molecule has 0 spiro atoms. The molecule has 0 radical (unpaired) electrons. The van der Waals surface area contributed by atoms with Crippen molar-refractivity contribution in [2.45, 2.75) is 29.4 Å². The van der Waals surface area contributed by atoms with Gasteiger partial charge in [-0.25, -0.2) is 58.9 Å². The number of nitrogens with two attached hydrogens (primary N) is 1. The minimum atomic E-state index is -5.86. The molecule has 46 heteroatoms. The first-order valence-corrected chi connectivity index (χ1v) is 30.2. The minimum Gasteiger partial charge on any atom is -0.744 e. The molecule has 0 unspecified atom stereocenters. The number of azo groups is 2. The Morgan fingerprint density at radius 3 is 1.57 bits per heavy atom. The van der Waals surface area contributed by atoms with E-state index in [1.54, 1.807) is 0 Å². The van der Waals surface area contributed by atoms with Gasteiger partial charge in [0.2, 0.25) is 27.6 Å². The van der Waals surface area contributed by atoms with Crippen molar-refractivity contribution in [2.24, 2.45) is 20.5 Å². The van der Waals surface area contributed by atoms with Crippen molar-refractivity contribution in [1.82, 2.24) is 15.0 Å². The topological polar surface area (TPSA) is 545 Å². The SMILES string of the molecule is Nc1c(N=Nc2cc(Nc3nc(Cl)nc(Nc4cccc(S(=O)(=O)CCOS(=O)(=O)[O-])c4)n3)ccc2S(=O)(=O)[O-])c(S(=O)(=O)[O-])cc2cc(S(=O)(=O)[O-])c(N=Nc3ccc4c(S(=O)(=O)[O-])cccc4c3S(=O)(=O)[O-])c(O)c12.[Na+].[Na+].[Na+].[Na+].[Na+].[Na+]. The Bertz CT molecular complexity index is 4580. The fourth-order valence-corrected chi connectivity index (χ4v) is 12.0. The molecule has 5 N–H and O–H groups in total. The molecule has 0 saturated heterocycles. The Balaban J connectivity index is 0.00000574. The second kappa shape index (κ2) is 30.6. The molecular weight excluding hydrogens is 1330 g/mol. The van der Waals surface area contributed by atoms with Gasteiger partial charge in [0, 0.05) is 22.1 Å². The number of halogens is 1. The summed E-state index contributed by atoms with van der Waals surface area (Å²) < 4.78 is 248. The summed E-state index contributed by atoms with van der Waals surface area (Å²) in [5.74, 6) is -3.24. The van der Waals surface area contributed by atoms with E-state index >= 15 is 0 Å². The van der Waals surface area contributed by atoms with E-state index in [0.29, 0.717) is 24.3 Å². The first kappa shape index (κ1) is 79.9. The molecule has 32 nitrogen and oxygen atoms in total. The number of hydrogen-bond acceptors (Lipinski definition) is 32. The molecule has 6 aromatic carbocycles. The number of nitrogen functional groups attached to an aromatic ring is 1. The molecule has 0 aliphatic rings. The van der Waals surface area contributed by atoms with E-state index in [2.05, 4.69) is 50.2 Å². The van der Waals surface area contributed by atoms with Gasteiger partial charge in [-0.05, 0) is 77.7 Å². The number of hydrogen-bond donors (Lipinski definition) is 4. The maximum atomic E-state index is 12.7. The monoisotopic (exact) mass is 1360 g/mol. The van der Waals surface area contributed by atoms with E-state index in [9.17, 15) is 91.3 Å². The first-order chi connectivity index (χ1) is 35.4. The van der Waals surface area contributed by atoms with Crippen LogP contribution >= 0.6 is 11.6 Å². The van der Waals surface area contributed by atoms with Crippen LogP contribution in [0.5, 0.6) is 5.75 Å². The van der Waals surface area contributed by atoms with Gasteiger partial charge in [0.05, 0.1) is 52.8 Å². The maximum Gasteiger partial charge on any atom is 1.00 e. The number of fused-ring (bicyclic) bond motifs is 2. The first-order valence-electron chi connectivity index (χ1n) is 19.8. The molecule has 0 bridgehead atoms. The summed E-state index contributed by atoms with van der Waals surface area (Å²) in [6.07, 6.45) is 0. The molecule has 7 aromatic rings. The van der Waals surface area contributed by atoms with Gasteiger partial charge in [0.15, 0.2) is 15.6 Å². The van der Waals surface area contributed by atoms with Crippen molar-refractivity contribution in [3.63, 3.8) is 0 Å². The van der Waals surface area contributed by atoms with E-state index in [-0.39, 0.29) is 200 Å². The largest absolute Gasteiger partial charge is 1.00 e. The number of rotatable bonds is 18. The number of benzene rings is 6. The zero-order valence-electron chi connectivity index (χ0n) is 43.0. The average molecular weight is 1360 g/mol. The summed E-state index contributed by atoms with van der Waals surface area (Å²) in [5.41, 5.74) is 0.263. The Morgan fingerprint density at radius 1 is 0.530 bits per heavy atom. The summed E-state index contributed by atoms with van der Waals surface area (Å²) in [6, 6.07) is 11.8. The number of phenols is 1. The molecule has 0 aliphatic heterocycles. The molecule has 1 aromatic heterocycles. The van der Waals surface area contributed by atoms with Crippen LogP contribution in [0.1, 0.15) is 0 Å². The number of nitrogens with one attached hydrogen (secondary N) is 2. The van der Waals surface area contributed by atoms with Crippen LogP contribution in [0, 0.1) is 0 Å². The molecule has 0 aliphatic carbocycles. The van der Waals surface area contributed by atoms with Crippen LogP contribution in [-0.4, -0.2) is 119 Å². The zero-order chi connectivity index (χ0) is 57.0. The third kappa shape index (κ3) is 20.0. The fourth-order valence-electron chi connectivity index (χ4n) is 6.88. The van der Waals surface area contributed by atoms with Crippen molar-refractivity contribution in [1.29, 1.82) is 0 Å². The maximum absolute atomic E-state index is 12.7. The van der Waals surface area contributed by atoms with Gasteiger partial charge in [0.1, 0.15) is 73.3 Å². The Kier molecular flexibility index (Phi) is 29.5. The van der Waals surface area contributed by atoms with E-state index in [1.807, 2.05) is 0 Å². The Labute approximate surface area is 608 Å². The molecule has 0 atom stereocenters. The van der Waals surface area contributed by atoms with Crippen LogP contribution in [0.15, 0.2) is 135 Å². The average Bonchev–Trinajstić information content (AvgIpc) is 3.28. The number of anilines is 5. The van der Waals surface area contributed by atoms with Gasteiger partial charge >= 0.3 is 177 Å². The van der Waals surface area contributed by atoms with E-state index in [0.717, 1.165) is 48.5 Å². The van der Waals surface area contributed by atoms with Crippen molar-refractivity contribution in [3.05, 3.63) is 90.2 Å². The summed E-state index contributed by atoms with van der Waals surface area (Å²) in [5, 5.41) is 27.3. The second-order valence-electron chi connectivity index (χ2n) is 15.0. The number of sulfone groups is 1. The van der Waals surface area contributed by atoms with Crippen molar-refractivity contribution in [3.8, 4) is 5.75 Å². The van der Waals surface area contributed by atoms with Gasteiger partial charge in [-0.3, -0.25) is 4.18 Å². The summed E-state index contributed by atoms with van der Waals surface area (Å²) in [7, 11) is -37.7. The predicted octanol–water partition coefficient (Wildman–Crippen LogP) is -14.8. The van der Waals surface area contributed by atoms with Gasteiger partial charge in [-0.1, -0.05) is 24.3 Å². The van der Waals surface area contributed by atoms with Crippen molar-refractivity contribution >= 4 is 156 Å². The molecular formula is C37H23ClN10Na6O22S7. The smallest absolute Gasteiger partial charge is 0.744 e. The summed E-state index contributed by atoms with van der Waals surface area (Å²) in [4.78, 5) is 4.90. The minimum absolute atomic E-state index is 0. The molecule has 1 heterocycles. The quantitative estimate of drug-likeness (QED) is 0.0204. The third-order valence-corrected chi connectivity index (χ3v) is 16.7. The van der Waals surface area contributed by atoms with Gasteiger partial charge in [-0.15, -0.1) is 20.5 Å². The molecule has 0 saturated carbocycles. The molecule has 0 amide bonds. The molecule has 83 heavy (non-hydrogen) atoms. The number of nitrogens with zero attached hydrogens (tertiary/aromatic N) is 7. The van der Waals surface area contributed by atoms with Gasteiger partial charge < -0.3 is 48.8 Å². The normalized spacial score (nSPS) is 12.3. The Hall–Kier alpha value is -1.09. The standard InChI is InChI=1S/C37H29ClN10O22S7.6Na/c38-35-42-36(40-18-3-1-4-20(15-18)71(50,51)12-11-70-77(67,68)69)44-37(43-35)41-19-7-10-26(73(55,56)57)24(16-19)46-47-31-27(74(58,59)60)13-17-14-28(75(61,62)63)32(33(49)29(17)30(31)39)48-45-23-9-8-21-22(34(23)76(64,65)66)5-2-6-25(21)72(52,53)54;;;;;;/h1-10,13-16,49H,11-12,39H2,(H,52,53,54)(H,55,56,57)(H,58,59,60)(H,61,62,63)(H,64,65,66)(H,67,68,69)(H2,40,41,42,43,44);;;;;;/q;6*+1/p-6. The second-order valence-corrected chi connectivity index (χ2v) is 25.2. The molecule has 408 valence electrons. The Morgan fingerprint density at radius 2 is 1.04 bits per heavy atom. The van der Waals surface area contributed by atoms with Crippen LogP contribution < -0.4 is 194 Å². The van der Waals surface area contributed by atoms with Gasteiger partial charge in [0.25, 0.3) is 0 Å². The zero-order valence-corrected chi connectivity index (χ0v) is 61.4. The van der Waals surface area contributed by atoms with Crippen molar-refractivity contribution in [2.75, 3.05) is 28.7 Å². The van der Waals surface area contributed by atoms with Crippen LogP contribution in [0.25, 0.3) is 21.5 Å². The summed E-state index contributed by atoms with van der Waals surface area (Å²) >= 11 is 6.08. The predicted molar refractivity (Wildman–Crippen MR) is 254 cm³/mol. The van der Waals surface area contributed by atoms with E-state index in [1.165, 1.54) is 12.1 Å². The van der Waals surface area contributed by atoms with Crippen LogP contribution in [0.3, 0.4) is 0 Å². The number of phenolic OH excluding ortho intramolecular Hbond substituents is 1. The van der Waals surface area contributed by atoms with Crippen LogP contribution in [-0.2, 0) is 75.0 Å². The van der Waals surface area contributed by atoms with E-state index < -0.39 is 175 Å². The molecule has 0 fully saturated rings. The number of aromatic hydroxyl groups is 1. The molecule has 7 rings (SSSR count). The summed E-state index contributed by atoms with van der Waals surface area (Å²) in [6.45, 7) is -0.993. The van der Waals surface area contributed by atoms with Crippen molar-refractivity contribution < 1.29 is 273 Å². The number of aromatic nitrogens is 3. The fraction of sp³-hybridized carbons (Fsp3) is 0.0541. The van der Waals surface area contributed by atoms with Crippen LogP contribution in [0.2, 0.25) is 5.28 Å². The van der Waals surface area contributed by atoms with Gasteiger partial charge in [-0.2, -0.15) is 15.0 Å².